The third kappa shape index (κ3) is 6.52. The second-order valence-electron chi connectivity index (χ2n) is 9.67. The first-order valence-electron chi connectivity index (χ1n) is 13.0. The Morgan fingerprint density at radius 1 is 0.878 bits per heavy atom. The Bertz CT molecular complexity index is 1570. The normalized spacial score (nSPS) is 14.5. The molecule has 0 bridgehead atoms. The average Bonchev–Trinajstić information content (AvgIpc) is 3.65. The van der Waals surface area contributed by atoms with E-state index >= 15 is 0 Å². The standard InChI is InChI=1S/C32H27NO8/c1-20-5-10-27(16-21(20)2)40-25-13-8-24(9-14-25)33-18-23(17-30(33)35)31(36)39-19-28(34)22-6-11-26(12-7-22)41-32(37)29-4-3-15-38-29/h3-16,23H,17-19H2,1-2H3/t23-/m0/s1. The zero-order valence-corrected chi connectivity index (χ0v) is 22.5. The highest BCUT2D eigenvalue weighted by Crippen LogP contribution is 2.30. The van der Waals surface area contributed by atoms with Gasteiger partial charge in [-0.2, -0.15) is 0 Å². The predicted octanol–water partition coefficient (Wildman–Crippen LogP) is 5.69. The summed E-state index contributed by atoms with van der Waals surface area (Å²) in [6.45, 7) is 3.73. The minimum Gasteiger partial charge on any atom is -0.457 e. The Balaban J connectivity index is 1.11. The first-order chi connectivity index (χ1) is 19.8. The number of hydrogen-bond donors (Lipinski definition) is 0. The second-order valence-corrected chi connectivity index (χ2v) is 9.67. The molecule has 1 aliphatic rings. The summed E-state index contributed by atoms with van der Waals surface area (Å²) in [6.07, 6.45) is 1.35. The number of benzene rings is 3. The van der Waals surface area contributed by atoms with E-state index in [4.69, 9.17) is 18.6 Å². The molecule has 1 amide bonds. The average molecular weight is 554 g/mol. The van der Waals surface area contributed by atoms with Gasteiger partial charge in [-0.15, -0.1) is 0 Å². The number of ketones is 1. The van der Waals surface area contributed by atoms with Gasteiger partial charge in [0, 0.05) is 24.2 Å². The molecule has 4 aromatic rings. The Kier molecular flexibility index (Phi) is 7.96. The molecule has 1 saturated heterocycles. The van der Waals surface area contributed by atoms with Crippen LogP contribution in [0.15, 0.2) is 89.5 Å². The number of ether oxygens (including phenoxy) is 3. The van der Waals surface area contributed by atoms with Gasteiger partial charge in [0.25, 0.3) is 0 Å². The van der Waals surface area contributed by atoms with Gasteiger partial charge in [-0.3, -0.25) is 14.4 Å². The lowest BCUT2D eigenvalue weighted by atomic mass is 10.1. The molecule has 9 heteroatoms. The van der Waals surface area contributed by atoms with E-state index in [2.05, 4.69) is 0 Å². The molecule has 1 aliphatic heterocycles. The number of furan rings is 1. The van der Waals surface area contributed by atoms with Gasteiger partial charge in [0.15, 0.2) is 12.4 Å². The van der Waals surface area contributed by atoms with Gasteiger partial charge < -0.3 is 23.5 Å². The fourth-order valence-corrected chi connectivity index (χ4v) is 4.32. The summed E-state index contributed by atoms with van der Waals surface area (Å²) >= 11 is 0. The van der Waals surface area contributed by atoms with E-state index in [1.54, 1.807) is 30.3 Å². The minimum atomic E-state index is -0.690. The number of rotatable bonds is 9. The number of amides is 1. The third-order valence-corrected chi connectivity index (χ3v) is 6.78. The lowest BCUT2D eigenvalue weighted by Crippen LogP contribution is -2.27. The number of carbonyl (C=O) groups is 4. The molecule has 0 saturated carbocycles. The molecule has 2 heterocycles. The molecule has 1 aromatic heterocycles. The molecule has 41 heavy (non-hydrogen) atoms. The Morgan fingerprint density at radius 3 is 2.27 bits per heavy atom. The first kappa shape index (κ1) is 27.4. The van der Waals surface area contributed by atoms with Gasteiger partial charge in [0.1, 0.15) is 17.2 Å². The maximum atomic E-state index is 12.7. The number of nitrogens with zero attached hydrogens (tertiary/aromatic N) is 1. The third-order valence-electron chi connectivity index (χ3n) is 6.78. The Hall–Kier alpha value is -5.18. The number of esters is 2. The van der Waals surface area contributed by atoms with E-state index in [1.807, 2.05) is 32.0 Å². The quantitative estimate of drug-likeness (QED) is 0.148. The van der Waals surface area contributed by atoms with Crippen molar-refractivity contribution >= 4 is 29.3 Å². The van der Waals surface area contributed by atoms with E-state index in [9.17, 15) is 19.2 Å². The molecule has 1 atom stereocenters. The van der Waals surface area contributed by atoms with Crippen molar-refractivity contribution in [1.29, 1.82) is 0 Å². The van der Waals surface area contributed by atoms with Crippen molar-refractivity contribution in [2.45, 2.75) is 20.3 Å². The molecule has 0 radical (unpaired) electrons. The number of aryl methyl sites for hydroxylation is 2. The molecule has 5 rings (SSSR count). The monoisotopic (exact) mass is 553 g/mol. The fourth-order valence-electron chi connectivity index (χ4n) is 4.32. The van der Waals surface area contributed by atoms with Gasteiger partial charge >= 0.3 is 11.9 Å². The van der Waals surface area contributed by atoms with Crippen LogP contribution in [0.4, 0.5) is 5.69 Å². The van der Waals surface area contributed by atoms with Crippen LogP contribution in [0.25, 0.3) is 0 Å². The van der Waals surface area contributed by atoms with E-state index in [0.29, 0.717) is 11.4 Å². The molecule has 0 aliphatic carbocycles. The number of anilines is 1. The van der Waals surface area contributed by atoms with Gasteiger partial charge in [-0.05, 0) is 97.8 Å². The summed E-state index contributed by atoms with van der Waals surface area (Å²) in [4.78, 5) is 51.3. The van der Waals surface area contributed by atoms with Crippen LogP contribution in [0.2, 0.25) is 0 Å². The van der Waals surface area contributed by atoms with E-state index in [1.165, 1.54) is 47.1 Å². The van der Waals surface area contributed by atoms with E-state index < -0.39 is 30.2 Å². The van der Waals surface area contributed by atoms with Gasteiger partial charge in [0.05, 0.1) is 12.2 Å². The molecule has 1 fully saturated rings. The van der Waals surface area contributed by atoms with Crippen molar-refractivity contribution in [2.75, 3.05) is 18.1 Å². The largest absolute Gasteiger partial charge is 0.457 e. The van der Waals surface area contributed by atoms with E-state index in [0.717, 1.165) is 11.3 Å². The molecule has 0 unspecified atom stereocenters. The lowest BCUT2D eigenvalue weighted by Gasteiger charge is -2.17. The number of hydrogen-bond acceptors (Lipinski definition) is 8. The summed E-state index contributed by atoms with van der Waals surface area (Å²) in [7, 11) is 0. The molecule has 208 valence electrons. The van der Waals surface area contributed by atoms with E-state index in [-0.39, 0.29) is 35.9 Å². The van der Waals surface area contributed by atoms with Crippen LogP contribution in [0.1, 0.15) is 38.5 Å². The molecule has 0 N–H and O–H groups in total. The number of Topliss-reactive ketones (excluding diaryl/α,β-unsaturated/α-hetero) is 1. The van der Waals surface area contributed by atoms with Crippen LogP contribution in [-0.4, -0.2) is 36.8 Å². The highest BCUT2D eigenvalue weighted by Gasteiger charge is 2.36. The number of carbonyl (C=O) groups excluding carboxylic acids is 4. The maximum absolute atomic E-state index is 12.7. The van der Waals surface area contributed by atoms with Crippen LogP contribution >= 0.6 is 0 Å². The van der Waals surface area contributed by atoms with Gasteiger partial charge in [0.2, 0.25) is 11.7 Å². The summed E-state index contributed by atoms with van der Waals surface area (Å²) < 4.78 is 21.3. The van der Waals surface area contributed by atoms with Crippen molar-refractivity contribution in [1.82, 2.24) is 0 Å². The Morgan fingerprint density at radius 2 is 1.59 bits per heavy atom. The molecule has 0 spiro atoms. The lowest BCUT2D eigenvalue weighted by molar-refractivity contribution is -0.147. The zero-order valence-electron chi connectivity index (χ0n) is 22.5. The Labute approximate surface area is 236 Å². The van der Waals surface area contributed by atoms with Gasteiger partial charge in [-0.25, -0.2) is 4.79 Å². The fraction of sp³-hybridized carbons (Fsp3) is 0.188. The van der Waals surface area contributed by atoms with Crippen molar-refractivity contribution in [3.63, 3.8) is 0 Å². The van der Waals surface area contributed by atoms with Crippen molar-refractivity contribution < 1.29 is 37.8 Å². The van der Waals surface area contributed by atoms with Crippen LogP contribution in [0.3, 0.4) is 0 Å². The van der Waals surface area contributed by atoms with Crippen LogP contribution in [-0.2, 0) is 14.3 Å². The first-order valence-corrected chi connectivity index (χ1v) is 13.0. The molecular weight excluding hydrogens is 526 g/mol. The van der Waals surface area contributed by atoms with Crippen LogP contribution in [0.5, 0.6) is 17.2 Å². The van der Waals surface area contributed by atoms with Crippen LogP contribution in [0, 0.1) is 19.8 Å². The zero-order chi connectivity index (χ0) is 28.9. The highest BCUT2D eigenvalue weighted by atomic mass is 16.5. The van der Waals surface area contributed by atoms with Crippen molar-refractivity contribution in [3.05, 3.63) is 108 Å². The highest BCUT2D eigenvalue weighted by molar-refractivity contribution is 6.01. The summed E-state index contributed by atoms with van der Waals surface area (Å²) in [5.74, 6) is -0.970. The predicted molar refractivity (Wildman–Crippen MR) is 148 cm³/mol. The van der Waals surface area contributed by atoms with Crippen LogP contribution < -0.4 is 14.4 Å². The summed E-state index contributed by atoms with van der Waals surface area (Å²) in [5.41, 5.74) is 3.23. The summed E-state index contributed by atoms with van der Waals surface area (Å²) in [6, 6.07) is 21.8. The molecule has 3 aromatic carbocycles. The SMILES string of the molecule is Cc1ccc(Oc2ccc(N3C[C@@H](C(=O)OCC(=O)c4ccc(OC(=O)c5ccco5)cc4)CC3=O)cc2)cc1C. The molecular formula is C32H27NO8. The smallest absolute Gasteiger partial charge is 0.379 e. The summed E-state index contributed by atoms with van der Waals surface area (Å²) in [5, 5.41) is 0. The minimum absolute atomic E-state index is 0.0103. The van der Waals surface area contributed by atoms with Crippen molar-refractivity contribution in [2.24, 2.45) is 5.92 Å². The second kappa shape index (κ2) is 11.9. The van der Waals surface area contributed by atoms with Crippen molar-refractivity contribution in [3.8, 4) is 17.2 Å². The molecule has 9 nitrogen and oxygen atoms in total. The maximum Gasteiger partial charge on any atom is 0.379 e. The topological polar surface area (TPSA) is 112 Å². The van der Waals surface area contributed by atoms with Gasteiger partial charge in [-0.1, -0.05) is 6.07 Å².